The van der Waals surface area contributed by atoms with Crippen LogP contribution < -0.4 is 18.9 Å². The molecule has 1 saturated carbocycles. The molecule has 0 radical (unpaired) electrons. The summed E-state index contributed by atoms with van der Waals surface area (Å²) in [6, 6.07) is 9.87. The third-order valence-corrected chi connectivity index (χ3v) is 5.71. The monoisotopic (exact) mass is 570 g/mol. The van der Waals surface area contributed by atoms with Crippen molar-refractivity contribution in [3.63, 3.8) is 0 Å². The molecule has 178 valence electrons. The zero-order chi connectivity index (χ0) is 23.8. The first-order valence-corrected chi connectivity index (χ1v) is 12.0. The maximum absolute atomic E-state index is 12.6. The molecule has 0 unspecified atom stereocenters. The van der Waals surface area contributed by atoms with Crippen LogP contribution in [0.5, 0.6) is 23.0 Å². The third-order valence-electron chi connectivity index (χ3n) is 5.40. The Labute approximate surface area is 206 Å². The average molecular weight is 570 g/mol. The van der Waals surface area contributed by atoms with Gasteiger partial charge in [-0.2, -0.15) is 0 Å². The van der Waals surface area contributed by atoms with Gasteiger partial charge in [-0.15, -0.1) is 0 Å². The lowest BCUT2D eigenvalue weighted by Crippen LogP contribution is -2.29. The second-order valence-corrected chi connectivity index (χ2v) is 8.02. The summed E-state index contributed by atoms with van der Waals surface area (Å²) in [5, 5.41) is 0. The SMILES string of the molecule is COc1ccc(C(=O)OC2CCC(OC(=O)c3ccc(OCI)c(OC)c3)CC2)cc1OC. The van der Waals surface area contributed by atoms with Crippen molar-refractivity contribution in [3.05, 3.63) is 47.5 Å². The molecular formula is C24H27IO8. The first kappa shape index (κ1) is 24.9. The number of halogens is 1. The smallest absolute Gasteiger partial charge is 0.338 e. The molecule has 1 aliphatic carbocycles. The quantitative estimate of drug-likeness (QED) is 0.241. The lowest BCUT2D eigenvalue weighted by atomic mass is 9.95. The number of hydrogen-bond acceptors (Lipinski definition) is 8. The number of esters is 2. The summed E-state index contributed by atoms with van der Waals surface area (Å²) >= 11 is 2.09. The van der Waals surface area contributed by atoms with E-state index >= 15 is 0 Å². The molecule has 1 fully saturated rings. The van der Waals surface area contributed by atoms with Gasteiger partial charge in [0.2, 0.25) is 0 Å². The van der Waals surface area contributed by atoms with Gasteiger partial charge in [0.25, 0.3) is 0 Å². The van der Waals surface area contributed by atoms with Crippen LogP contribution in [0.2, 0.25) is 0 Å². The highest BCUT2D eigenvalue weighted by atomic mass is 127. The Bertz CT molecular complexity index is 969. The normalized spacial score (nSPS) is 17.6. The molecule has 9 heteroatoms. The van der Waals surface area contributed by atoms with Gasteiger partial charge in [0.15, 0.2) is 23.0 Å². The number of hydrogen-bond donors (Lipinski definition) is 0. The molecule has 0 bridgehead atoms. The zero-order valence-electron chi connectivity index (χ0n) is 18.8. The van der Waals surface area contributed by atoms with Crippen LogP contribution >= 0.6 is 22.6 Å². The van der Waals surface area contributed by atoms with E-state index in [1.807, 2.05) is 0 Å². The van der Waals surface area contributed by atoms with Crippen molar-refractivity contribution in [2.45, 2.75) is 37.9 Å². The van der Waals surface area contributed by atoms with E-state index < -0.39 is 11.9 Å². The van der Waals surface area contributed by atoms with Crippen LogP contribution in [-0.2, 0) is 9.47 Å². The van der Waals surface area contributed by atoms with Crippen molar-refractivity contribution in [1.29, 1.82) is 0 Å². The lowest BCUT2D eigenvalue weighted by molar-refractivity contribution is -0.0108. The van der Waals surface area contributed by atoms with Crippen LogP contribution in [0.1, 0.15) is 46.4 Å². The van der Waals surface area contributed by atoms with E-state index in [1.54, 1.807) is 36.4 Å². The first-order chi connectivity index (χ1) is 16.0. The lowest BCUT2D eigenvalue weighted by Gasteiger charge is -2.28. The maximum atomic E-state index is 12.6. The number of benzene rings is 2. The Morgan fingerprint density at radius 1 is 0.727 bits per heavy atom. The summed E-state index contributed by atoms with van der Waals surface area (Å²) in [5.74, 6) is 1.22. The molecule has 0 N–H and O–H groups in total. The van der Waals surface area contributed by atoms with Crippen molar-refractivity contribution in [1.82, 2.24) is 0 Å². The predicted octanol–water partition coefficient (Wildman–Crippen LogP) is 4.81. The Hall–Kier alpha value is -2.69. The molecule has 8 nitrogen and oxygen atoms in total. The van der Waals surface area contributed by atoms with Gasteiger partial charge < -0.3 is 28.4 Å². The molecule has 0 aliphatic heterocycles. The summed E-state index contributed by atoms with van der Waals surface area (Å²) in [5.41, 5.74) is 0.791. The van der Waals surface area contributed by atoms with E-state index in [0.717, 1.165) is 0 Å². The molecule has 2 aromatic rings. The molecular weight excluding hydrogens is 543 g/mol. The van der Waals surface area contributed by atoms with Gasteiger partial charge in [-0.1, -0.05) is 0 Å². The van der Waals surface area contributed by atoms with E-state index in [1.165, 1.54) is 21.3 Å². The molecule has 1 aliphatic rings. The molecule has 0 atom stereocenters. The van der Waals surface area contributed by atoms with Crippen molar-refractivity contribution in [2.75, 3.05) is 25.9 Å². The average Bonchev–Trinajstić information content (AvgIpc) is 2.85. The number of rotatable bonds is 9. The number of ether oxygens (including phenoxy) is 6. The largest absolute Gasteiger partial charge is 0.493 e. The van der Waals surface area contributed by atoms with Crippen LogP contribution in [0.25, 0.3) is 0 Å². The molecule has 0 aromatic heterocycles. The highest BCUT2D eigenvalue weighted by molar-refractivity contribution is 14.1. The van der Waals surface area contributed by atoms with E-state index in [2.05, 4.69) is 22.6 Å². The molecule has 2 aromatic carbocycles. The summed E-state index contributed by atoms with van der Waals surface area (Å²) in [7, 11) is 4.57. The summed E-state index contributed by atoms with van der Waals surface area (Å²) in [6.07, 6.45) is 1.99. The van der Waals surface area contributed by atoms with Crippen LogP contribution in [0.15, 0.2) is 36.4 Å². The molecule has 0 heterocycles. The van der Waals surface area contributed by atoms with Crippen molar-refractivity contribution in [2.24, 2.45) is 0 Å². The Morgan fingerprint density at radius 3 is 1.58 bits per heavy atom. The topological polar surface area (TPSA) is 89.5 Å². The van der Waals surface area contributed by atoms with Crippen LogP contribution in [-0.4, -0.2) is 50.1 Å². The van der Waals surface area contributed by atoms with E-state index in [-0.39, 0.29) is 12.2 Å². The Balaban J connectivity index is 1.52. The molecule has 0 saturated heterocycles. The second-order valence-electron chi connectivity index (χ2n) is 7.40. The van der Waals surface area contributed by atoms with Gasteiger partial charge in [-0.05, 0) is 84.7 Å². The highest BCUT2D eigenvalue weighted by Gasteiger charge is 2.27. The first-order valence-electron chi connectivity index (χ1n) is 10.5. The van der Waals surface area contributed by atoms with Gasteiger partial charge in [0.05, 0.1) is 32.5 Å². The molecule has 0 spiro atoms. The van der Waals surface area contributed by atoms with Crippen LogP contribution in [0, 0.1) is 0 Å². The van der Waals surface area contributed by atoms with E-state index in [9.17, 15) is 9.59 Å². The van der Waals surface area contributed by atoms with E-state index in [0.29, 0.717) is 64.4 Å². The van der Waals surface area contributed by atoms with Crippen molar-refractivity contribution < 1.29 is 38.0 Å². The van der Waals surface area contributed by atoms with Gasteiger partial charge in [0.1, 0.15) is 16.8 Å². The van der Waals surface area contributed by atoms with Gasteiger partial charge >= 0.3 is 11.9 Å². The fourth-order valence-electron chi connectivity index (χ4n) is 3.64. The zero-order valence-corrected chi connectivity index (χ0v) is 21.0. The highest BCUT2D eigenvalue weighted by Crippen LogP contribution is 2.31. The van der Waals surface area contributed by atoms with Gasteiger partial charge in [-0.3, -0.25) is 0 Å². The fourth-order valence-corrected chi connectivity index (χ4v) is 3.98. The van der Waals surface area contributed by atoms with E-state index in [4.69, 9.17) is 28.4 Å². The predicted molar refractivity (Wildman–Crippen MR) is 129 cm³/mol. The Kier molecular flexibility index (Phi) is 9.04. The van der Waals surface area contributed by atoms with Gasteiger partial charge in [0, 0.05) is 0 Å². The Morgan fingerprint density at radius 2 is 1.15 bits per heavy atom. The number of methoxy groups -OCH3 is 3. The summed E-state index contributed by atoms with van der Waals surface area (Å²) < 4.78 is 33.0. The van der Waals surface area contributed by atoms with Crippen molar-refractivity contribution in [3.8, 4) is 23.0 Å². The maximum Gasteiger partial charge on any atom is 0.338 e. The van der Waals surface area contributed by atoms with Gasteiger partial charge in [-0.25, -0.2) is 9.59 Å². The molecule has 3 rings (SSSR count). The fraction of sp³-hybridized carbons (Fsp3) is 0.417. The molecule has 0 amide bonds. The minimum absolute atomic E-state index is 0.231. The number of carbonyl (C=O) groups excluding carboxylic acids is 2. The number of alkyl halides is 1. The van der Waals surface area contributed by atoms with Crippen LogP contribution in [0.3, 0.4) is 0 Å². The standard InChI is InChI=1S/C24H27IO8/c1-28-19-10-4-15(12-21(19)29-2)23(26)32-17-6-8-18(9-7-17)33-24(27)16-5-11-20(31-14-25)22(13-16)30-3/h4-5,10-13,17-18H,6-9,14H2,1-3H3. The van der Waals surface area contributed by atoms with Crippen LogP contribution in [0.4, 0.5) is 0 Å². The minimum atomic E-state index is -0.419. The summed E-state index contributed by atoms with van der Waals surface area (Å²) in [4.78, 5) is 25.1. The second kappa shape index (κ2) is 12.0. The number of carbonyl (C=O) groups is 2. The minimum Gasteiger partial charge on any atom is -0.493 e. The summed E-state index contributed by atoms with van der Waals surface area (Å²) in [6.45, 7) is 0. The third kappa shape index (κ3) is 6.43. The molecule has 33 heavy (non-hydrogen) atoms. The van der Waals surface area contributed by atoms with Crippen molar-refractivity contribution >= 4 is 34.5 Å².